The summed E-state index contributed by atoms with van der Waals surface area (Å²) in [6, 6.07) is 3.71. The molecule has 6 rings (SSSR count). The fourth-order valence-electron chi connectivity index (χ4n) is 5.78. The Morgan fingerprint density at radius 3 is 2.89 bits per heavy atom. The number of ether oxygens (including phenoxy) is 1. The highest BCUT2D eigenvalue weighted by molar-refractivity contribution is 6.35. The number of carbonyl (C=O) groups excluding carboxylic acids is 2. The maximum Gasteiger partial charge on any atom is 0.358 e. The third kappa shape index (κ3) is 3.87. The molecule has 2 aliphatic heterocycles. The second-order valence-electron chi connectivity index (χ2n) is 9.63. The normalized spacial score (nSPS) is 19.2. The molecular weight excluding hydrogens is 470 g/mol. The summed E-state index contributed by atoms with van der Waals surface area (Å²) in [5.41, 5.74) is 2.32. The van der Waals surface area contributed by atoms with Gasteiger partial charge in [-0.1, -0.05) is 30.9 Å². The lowest BCUT2D eigenvalue weighted by Crippen LogP contribution is -2.52. The molecule has 1 aromatic carbocycles. The first kappa shape index (κ1) is 22.4. The Labute approximate surface area is 207 Å². The number of furan rings is 1. The third-order valence-corrected chi connectivity index (χ3v) is 7.63. The van der Waals surface area contributed by atoms with Gasteiger partial charge in [-0.2, -0.15) is 0 Å². The van der Waals surface area contributed by atoms with E-state index in [4.69, 9.17) is 20.8 Å². The number of urea groups is 1. The molecule has 0 radical (unpaired) electrons. The highest BCUT2D eigenvalue weighted by atomic mass is 35.5. The lowest BCUT2D eigenvalue weighted by atomic mass is 9.74. The smallest absolute Gasteiger partial charge is 0.358 e. The number of nitrogens with zero attached hydrogens (tertiary/aromatic N) is 3. The van der Waals surface area contributed by atoms with Gasteiger partial charge in [0.2, 0.25) is 0 Å². The fourth-order valence-corrected chi connectivity index (χ4v) is 6.03. The topological polar surface area (TPSA) is 102 Å². The number of benzene rings is 1. The van der Waals surface area contributed by atoms with Crippen molar-refractivity contribution in [1.82, 2.24) is 19.8 Å². The van der Waals surface area contributed by atoms with Gasteiger partial charge < -0.3 is 24.4 Å². The highest BCUT2D eigenvalue weighted by Gasteiger charge is 2.43. The Morgan fingerprint density at radius 1 is 1.26 bits per heavy atom. The van der Waals surface area contributed by atoms with Gasteiger partial charge in [-0.15, -0.1) is 0 Å². The highest BCUT2D eigenvalue weighted by Crippen LogP contribution is 2.49. The first-order valence-electron chi connectivity index (χ1n) is 12.3. The molecule has 2 amide bonds. The summed E-state index contributed by atoms with van der Waals surface area (Å²) >= 11 is 6.65. The van der Waals surface area contributed by atoms with Crippen LogP contribution in [0.5, 0.6) is 0 Å². The van der Waals surface area contributed by atoms with Gasteiger partial charge >= 0.3 is 12.0 Å². The predicted molar refractivity (Wildman–Crippen MR) is 130 cm³/mol. The largest absolute Gasteiger partial charge is 0.461 e. The van der Waals surface area contributed by atoms with Gasteiger partial charge in [0.1, 0.15) is 17.2 Å². The van der Waals surface area contributed by atoms with Crippen LogP contribution in [0.25, 0.3) is 11.0 Å². The lowest BCUT2D eigenvalue weighted by molar-refractivity contribution is 0.0519. The number of hydrogen-bond acceptors (Lipinski definition) is 6. The lowest BCUT2D eigenvalue weighted by Gasteiger charge is -2.42. The van der Waals surface area contributed by atoms with Crippen molar-refractivity contribution in [2.75, 3.05) is 18.5 Å². The third-order valence-electron chi connectivity index (χ3n) is 7.33. The van der Waals surface area contributed by atoms with E-state index < -0.39 is 11.5 Å². The number of fused-ring (bicyclic) bond motifs is 5. The minimum absolute atomic E-state index is 0.210. The van der Waals surface area contributed by atoms with Gasteiger partial charge in [-0.3, -0.25) is 4.90 Å². The van der Waals surface area contributed by atoms with E-state index in [-0.39, 0.29) is 6.03 Å². The van der Waals surface area contributed by atoms with Gasteiger partial charge in [0.05, 0.1) is 35.9 Å². The Balaban J connectivity index is 1.30. The SMILES string of the molecule is CCOC(=O)c1cn2c(n1)CN(Cc1cc3cc(Cl)c4c(c3o1)C1(CCCCC1)NC(=O)N4)CC2. The van der Waals surface area contributed by atoms with E-state index in [1.807, 2.05) is 16.7 Å². The van der Waals surface area contributed by atoms with Gasteiger partial charge in [0.25, 0.3) is 0 Å². The Kier molecular flexibility index (Phi) is 5.49. The van der Waals surface area contributed by atoms with Crippen molar-refractivity contribution >= 4 is 40.3 Å². The molecule has 1 saturated carbocycles. The molecule has 10 heteroatoms. The second kappa shape index (κ2) is 8.57. The first-order valence-corrected chi connectivity index (χ1v) is 12.6. The summed E-state index contributed by atoms with van der Waals surface area (Å²) < 4.78 is 13.6. The van der Waals surface area contributed by atoms with Gasteiger partial charge in [0, 0.05) is 30.2 Å². The molecule has 1 fully saturated rings. The van der Waals surface area contributed by atoms with Crippen LogP contribution in [-0.2, 0) is 29.9 Å². The van der Waals surface area contributed by atoms with E-state index in [0.717, 1.165) is 73.3 Å². The Morgan fingerprint density at radius 2 is 2.09 bits per heavy atom. The number of carbonyl (C=O) groups is 2. The van der Waals surface area contributed by atoms with Crippen LogP contribution in [0, 0.1) is 0 Å². The summed E-state index contributed by atoms with van der Waals surface area (Å²) in [5, 5.41) is 7.59. The maximum absolute atomic E-state index is 12.5. The molecule has 1 aliphatic carbocycles. The number of aromatic nitrogens is 2. The maximum atomic E-state index is 12.5. The van der Waals surface area contributed by atoms with Crippen molar-refractivity contribution in [2.45, 2.75) is 64.2 Å². The minimum atomic E-state index is -0.451. The molecule has 0 unspecified atom stereocenters. The average molecular weight is 498 g/mol. The van der Waals surface area contributed by atoms with Crippen LogP contribution in [-0.4, -0.2) is 39.6 Å². The molecule has 2 aromatic heterocycles. The molecule has 3 aromatic rings. The van der Waals surface area contributed by atoms with Gasteiger partial charge in [-0.25, -0.2) is 14.6 Å². The quantitative estimate of drug-likeness (QED) is 0.503. The summed E-state index contributed by atoms with van der Waals surface area (Å²) in [5.74, 6) is 1.28. The zero-order valence-corrected chi connectivity index (χ0v) is 20.4. The summed E-state index contributed by atoms with van der Waals surface area (Å²) in [6.45, 7) is 4.87. The fraction of sp³-hybridized carbons (Fsp3) is 0.480. The number of amides is 2. The molecule has 3 aliphatic rings. The molecule has 0 bridgehead atoms. The number of esters is 1. The number of imidazole rings is 1. The number of rotatable bonds is 4. The minimum Gasteiger partial charge on any atom is -0.461 e. The summed E-state index contributed by atoms with van der Waals surface area (Å²) in [4.78, 5) is 31.3. The van der Waals surface area contributed by atoms with Crippen molar-refractivity contribution in [2.24, 2.45) is 0 Å². The molecular formula is C25H28ClN5O4. The van der Waals surface area contributed by atoms with Crippen LogP contribution in [0.4, 0.5) is 10.5 Å². The summed E-state index contributed by atoms with van der Waals surface area (Å²) in [6.07, 6.45) is 6.78. The van der Waals surface area contributed by atoms with E-state index in [0.29, 0.717) is 36.1 Å². The molecule has 35 heavy (non-hydrogen) atoms. The predicted octanol–water partition coefficient (Wildman–Crippen LogP) is 4.77. The van der Waals surface area contributed by atoms with E-state index in [1.165, 1.54) is 0 Å². The van der Waals surface area contributed by atoms with Crippen LogP contribution in [0.2, 0.25) is 5.02 Å². The van der Waals surface area contributed by atoms with Crippen LogP contribution >= 0.6 is 11.6 Å². The van der Waals surface area contributed by atoms with E-state index in [1.54, 1.807) is 13.1 Å². The number of hydrogen-bond donors (Lipinski definition) is 2. The van der Waals surface area contributed by atoms with E-state index in [2.05, 4.69) is 20.5 Å². The van der Waals surface area contributed by atoms with Crippen LogP contribution in [0.15, 0.2) is 22.7 Å². The summed E-state index contributed by atoms with van der Waals surface area (Å²) in [7, 11) is 0. The van der Waals surface area contributed by atoms with Crippen LogP contribution < -0.4 is 10.6 Å². The second-order valence-corrected chi connectivity index (χ2v) is 10.0. The number of nitrogens with one attached hydrogen (secondary N) is 2. The molecule has 0 saturated heterocycles. The number of halogens is 1. The molecule has 2 N–H and O–H groups in total. The van der Waals surface area contributed by atoms with Crippen molar-refractivity contribution < 1.29 is 18.7 Å². The van der Waals surface area contributed by atoms with E-state index >= 15 is 0 Å². The van der Waals surface area contributed by atoms with Crippen molar-refractivity contribution in [1.29, 1.82) is 0 Å². The van der Waals surface area contributed by atoms with Crippen molar-refractivity contribution in [3.8, 4) is 0 Å². The average Bonchev–Trinajstić information content (AvgIpc) is 3.43. The molecule has 4 heterocycles. The monoisotopic (exact) mass is 497 g/mol. The van der Waals surface area contributed by atoms with E-state index in [9.17, 15) is 9.59 Å². The standard InChI is InChI=1S/C25H28ClN5O4/c1-2-34-23(32)18-13-31-9-8-30(14-19(31)27-18)12-16-10-15-11-17(26)21-20(22(15)35-16)25(29-24(33)28-21)6-4-3-5-7-25/h10-11,13H,2-9,12,14H2,1H3,(H2,28,29,33). The molecule has 1 spiro atoms. The van der Waals surface area contributed by atoms with Crippen LogP contribution in [0.3, 0.4) is 0 Å². The zero-order chi connectivity index (χ0) is 24.2. The van der Waals surface area contributed by atoms with Crippen molar-refractivity contribution in [3.63, 3.8) is 0 Å². The van der Waals surface area contributed by atoms with Gasteiger partial charge in [0.15, 0.2) is 5.69 Å². The zero-order valence-electron chi connectivity index (χ0n) is 19.7. The molecule has 184 valence electrons. The molecule has 0 atom stereocenters. The Bertz CT molecular complexity index is 1320. The Hall–Kier alpha value is -3.04. The molecule has 9 nitrogen and oxygen atoms in total. The first-order chi connectivity index (χ1) is 17.0. The van der Waals surface area contributed by atoms with Gasteiger partial charge in [-0.05, 0) is 31.9 Å². The van der Waals surface area contributed by atoms with Crippen LogP contribution in [0.1, 0.15) is 66.7 Å². The van der Waals surface area contributed by atoms with Crippen molar-refractivity contribution in [3.05, 3.63) is 46.2 Å². The number of anilines is 1.